The molecule has 0 bridgehead atoms. The lowest BCUT2D eigenvalue weighted by molar-refractivity contribution is -0.253. The Labute approximate surface area is 209 Å². The number of nitrogens with zero attached hydrogens (tertiary/aromatic N) is 1. The van der Waals surface area contributed by atoms with Crippen molar-refractivity contribution in [2.75, 3.05) is 0 Å². The van der Waals surface area contributed by atoms with Gasteiger partial charge in [-0.2, -0.15) is 30.7 Å². The van der Waals surface area contributed by atoms with Gasteiger partial charge < -0.3 is 14.6 Å². The number of halogens is 9. The second-order valence-electron chi connectivity index (χ2n) is 8.33. The van der Waals surface area contributed by atoms with Gasteiger partial charge in [-0.1, -0.05) is 17.3 Å². The molecule has 0 spiro atoms. The van der Waals surface area contributed by atoms with Crippen LogP contribution in [-0.4, -0.2) is 29.8 Å². The van der Waals surface area contributed by atoms with Gasteiger partial charge in [0.15, 0.2) is 0 Å². The number of carbonyl (C=O) groups is 1. The van der Waals surface area contributed by atoms with Crippen molar-refractivity contribution in [1.29, 1.82) is 0 Å². The second kappa shape index (κ2) is 11.0. The Morgan fingerprint density at radius 1 is 0.974 bits per heavy atom. The number of ether oxygens (including phenoxy) is 1. The van der Waals surface area contributed by atoms with E-state index in [4.69, 9.17) is 4.52 Å². The van der Waals surface area contributed by atoms with E-state index in [1.54, 1.807) is 0 Å². The highest BCUT2D eigenvalue weighted by Gasteiger charge is 2.45. The summed E-state index contributed by atoms with van der Waals surface area (Å²) in [5, 5.41) is 6.02. The van der Waals surface area contributed by atoms with E-state index >= 15 is 0 Å². The SMILES string of the molecule is Cc1cc(C[C@@](NC(=O)CCC(F)(F)F)(c2ccc(F)cc2)c2cc(F)cc(OC(F)(F)C(F)F)c2)on1. The molecule has 1 aromatic heterocycles. The van der Waals surface area contributed by atoms with E-state index in [2.05, 4.69) is 15.2 Å². The van der Waals surface area contributed by atoms with E-state index in [-0.39, 0.29) is 11.3 Å². The number of aromatic nitrogens is 1. The number of carbonyl (C=O) groups excluding carboxylic acids is 1. The molecular weight excluding hydrogens is 535 g/mol. The van der Waals surface area contributed by atoms with Crippen LogP contribution in [0.5, 0.6) is 5.75 Å². The van der Waals surface area contributed by atoms with Gasteiger partial charge in [0.2, 0.25) is 5.91 Å². The van der Waals surface area contributed by atoms with Crippen molar-refractivity contribution in [1.82, 2.24) is 10.5 Å². The van der Waals surface area contributed by atoms with Crippen molar-refractivity contribution in [3.63, 3.8) is 0 Å². The summed E-state index contributed by atoms with van der Waals surface area (Å²) < 4.78 is 128. The minimum absolute atomic E-state index is 0.00702. The number of amides is 1. The fourth-order valence-corrected chi connectivity index (χ4v) is 3.68. The Morgan fingerprint density at radius 3 is 2.18 bits per heavy atom. The molecule has 206 valence electrons. The number of hydrogen-bond acceptors (Lipinski definition) is 4. The second-order valence-corrected chi connectivity index (χ2v) is 8.33. The zero-order valence-corrected chi connectivity index (χ0v) is 19.4. The molecule has 5 nitrogen and oxygen atoms in total. The summed E-state index contributed by atoms with van der Waals surface area (Å²) >= 11 is 0. The maximum atomic E-state index is 14.6. The highest BCUT2D eigenvalue weighted by atomic mass is 19.4. The Balaban J connectivity index is 2.21. The smallest absolute Gasteiger partial charge is 0.428 e. The van der Waals surface area contributed by atoms with Crippen LogP contribution in [0.3, 0.4) is 0 Å². The van der Waals surface area contributed by atoms with Gasteiger partial charge in [-0.3, -0.25) is 4.79 Å². The zero-order chi connectivity index (χ0) is 28.3. The van der Waals surface area contributed by atoms with E-state index in [1.807, 2.05) is 0 Å². The van der Waals surface area contributed by atoms with Crippen molar-refractivity contribution >= 4 is 5.91 Å². The van der Waals surface area contributed by atoms with Gasteiger partial charge in [-0.25, -0.2) is 8.78 Å². The Hall–Kier alpha value is -3.71. The molecule has 0 aliphatic rings. The molecular formula is C24H19F9N2O3. The summed E-state index contributed by atoms with van der Waals surface area (Å²) in [6.07, 6.45) is -17.1. The normalized spacial score (nSPS) is 13.9. The van der Waals surface area contributed by atoms with E-state index in [0.29, 0.717) is 17.8 Å². The Kier molecular flexibility index (Phi) is 8.32. The maximum Gasteiger partial charge on any atom is 0.461 e. The maximum absolute atomic E-state index is 14.6. The Morgan fingerprint density at radius 2 is 1.63 bits per heavy atom. The highest BCUT2D eigenvalue weighted by molar-refractivity contribution is 5.78. The van der Waals surface area contributed by atoms with Crippen LogP contribution in [0.4, 0.5) is 39.5 Å². The van der Waals surface area contributed by atoms with Crippen LogP contribution < -0.4 is 10.1 Å². The van der Waals surface area contributed by atoms with Crippen LogP contribution >= 0.6 is 0 Å². The zero-order valence-electron chi connectivity index (χ0n) is 19.4. The van der Waals surface area contributed by atoms with Crippen molar-refractivity contribution in [2.24, 2.45) is 0 Å². The molecule has 0 unspecified atom stereocenters. The molecule has 0 aliphatic heterocycles. The summed E-state index contributed by atoms with van der Waals surface area (Å²) in [5.74, 6) is -4.29. The van der Waals surface area contributed by atoms with Crippen LogP contribution in [-0.2, 0) is 16.8 Å². The first-order valence-corrected chi connectivity index (χ1v) is 10.8. The molecule has 38 heavy (non-hydrogen) atoms. The van der Waals surface area contributed by atoms with Gasteiger partial charge >= 0.3 is 18.7 Å². The van der Waals surface area contributed by atoms with Gasteiger partial charge in [-0.05, 0) is 42.3 Å². The highest BCUT2D eigenvalue weighted by Crippen LogP contribution is 2.38. The topological polar surface area (TPSA) is 64.4 Å². The minimum Gasteiger partial charge on any atom is -0.428 e. The van der Waals surface area contributed by atoms with Gasteiger partial charge in [-0.15, -0.1) is 0 Å². The molecule has 0 aliphatic carbocycles. The monoisotopic (exact) mass is 554 g/mol. The van der Waals surface area contributed by atoms with Gasteiger partial charge in [0.1, 0.15) is 23.1 Å². The third-order valence-electron chi connectivity index (χ3n) is 5.31. The summed E-state index contributed by atoms with van der Waals surface area (Å²) in [7, 11) is 0. The van der Waals surface area contributed by atoms with Crippen LogP contribution in [0.25, 0.3) is 0 Å². The molecule has 0 saturated carbocycles. The first-order chi connectivity index (χ1) is 17.6. The molecule has 0 fully saturated rings. The molecule has 3 rings (SSSR count). The lowest BCUT2D eigenvalue weighted by atomic mass is 9.78. The van der Waals surface area contributed by atoms with Crippen LogP contribution in [0, 0.1) is 18.6 Å². The van der Waals surface area contributed by atoms with E-state index < -0.39 is 72.4 Å². The average molecular weight is 554 g/mol. The number of benzene rings is 2. The first kappa shape index (κ1) is 28.9. The standard InChI is InChI=1S/C24H19F9N2O3/c1-13-8-19(38-35-13)12-22(14-2-4-16(25)5-3-14,34-20(36)6-7-23(29,30)31)15-9-17(26)11-18(10-15)37-24(32,33)21(27)28/h2-5,8-11,21H,6-7,12H2,1H3,(H,34,36)/t22-/m1/s1. The molecule has 14 heteroatoms. The van der Waals surface area contributed by atoms with E-state index in [9.17, 15) is 44.3 Å². The van der Waals surface area contributed by atoms with Crippen molar-refractivity contribution < 1.29 is 53.6 Å². The quantitative estimate of drug-likeness (QED) is 0.293. The van der Waals surface area contributed by atoms with E-state index in [0.717, 1.165) is 30.3 Å². The van der Waals surface area contributed by atoms with Gasteiger partial charge in [0.25, 0.3) is 0 Å². The predicted molar refractivity (Wildman–Crippen MR) is 114 cm³/mol. The third-order valence-corrected chi connectivity index (χ3v) is 5.31. The number of hydrogen-bond donors (Lipinski definition) is 1. The molecule has 1 heterocycles. The van der Waals surface area contributed by atoms with Crippen LogP contribution in [0.1, 0.15) is 35.4 Å². The molecule has 1 N–H and O–H groups in total. The van der Waals surface area contributed by atoms with Gasteiger partial charge in [0.05, 0.1) is 17.7 Å². The fraction of sp³-hybridized carbons (Fsp3) is 0.333. The molecule has 1 amide bonds. The lowest BCUT2D eigenvalue weighted by Crippen LogP contribution is -2.49. The average Bonchev–Trinajstić information content (AvgIpc) is 3.20. The molecule has 2 aromatic carbocycles. The summed E-state index contributed by atoms with van der Waals surface area (Å²) in [5.41, 5.74) is -2.18. The summed E-state index contributed by atoms with van der Waals surface area (Å²) in [6, 6.07) is 7.27. The lowest BCUT2D eigenvalue weighted by Gasteiger charge is -2.36. The van der Waals surface area contributed by atoms with Crippen molar-refractivity contribution in [3.8, 4) is 5.75 Å². The number of rotatable bonds is 10. The summed E-state index contributed by atoms with van der Waals surface area (Å²) in [4.78, 5) is 12.7. The number of nitrogens with one attached hydrogen (secondary N) is 1. The number of aryl methyl sites for hydroxylation is 1. The predicted octanol–water partition coefficient (Wildman–Crippen LogP) is 6.44. The molecule has 1 atom stereocenters. The third kappa shape index (κ3) is 7.19. The van der Waals surface area contributed by atoms with Gasteiger partial charge in [0, 0.05) is 25.0 Å². The van der Waals surface area contributed by atoms with Crippen LogP contribution in [0.2, 0.25) is 0 Å². The first-order valence-electron chi connectivity index (χ1n) is 10.8. The minimum atomic E-state index is -5.03. The van der Waals surface area contributed by atoms with E-state index in [1.165, 1.54) is 13.0 Å². The largest absolute Gasteiger partial charge is 0.461 e. The molecule has 0 radical (unpaired) electrons. The Bertz CT molecular complexity index is 1260. The van der Waals surface area contributed by atoms with Crippen LogP contribution in [0.15, 0.2) is 53.1 Å². The molecule has 0 saturated heterocycles. The fourth-order valence-electron chi connectivity index (χ4n) is 3.68. The number of alkyl halides is 7. The molecule has 3 aromatic rings. The van der Waals surface area contributed by atoms with Crippen molar-refractivity contribution in [3.05, 3.63) is 82.7 Å². The summed E-state index contributed by atoms with van der Waals surface area (Å²) in [6.45, 7) is 1.52. The van der Waals surface area contributed by atoms with Crippen molar-refractivity contribution in [2.45, 2.75) is 50.4 Å².